The van der Waals surface area contributed by atoms with Crippen LogP contribution in [0.5, 0.6) is 5.75 Å². The largest absolute Gasteiger partial charge is 0.496 e. The first kappa shape index (κ1) is 12.0. The maximum Gasteiger partial charge on any atom is 0.195 e. The number of carbonyl (C=O) groups excluding carboxylic acids is 1. The highest BCUT2D eigenvalue weighted by Crippen LogP contribution is 2.27. The average Bonchev–Trinajstić information content (AvgIpc) is 2.75. The monoisotopic (exact) mass is 238 g/mol. The first-order valence-corrected chi connectivity index (χ1v) is 5.65. The van der Waals surface area contributed by atoms with Crippen LogP contribution in [-0.2, 0) is 4.74 Å². The van der Waals surface area contributed by atoms with Gasteiger partial charge in [-0.05, 0) is 38.0 Å². The Bertz CT molecular complexity index is 431. The summed E-state index contributed by atoms with van der Waals surface area (Å²) < 4.78 is 23.7. The van der Waals surface area contributed by atoms with E-state index in [9.17, 15) is 9.18 Å². The average molecular weight is 238 g/mol. The number of halogens is 1. The fourth-order valence-corrected chi connectivity index (χ4v) is 2.04. The number of hydrogen-bond acceptors (Lipinski definition) is 3. The molecule has 0 radical (unpaired) electrons. The summed E-state index contributed by atoms with van der Waals surface area (Å²) in [5.74, 6) is -0.259. The first-order chi connectivity index (χ1) is 8.11. The molecule has 2 rings (SSSR count). The van der Waals surface area contributed by atoms with Crippen LogP contribution in [0.4, 0.5) is 4.39 Å². The van der Waals surface area contributed by atoms with Crippen molar-refractivity contribution in [1.82, 2.24) is 0 Å². The molecule has 17 heavy (non-hydrogen) atoms. The Morgan fingerprint density at radius 1 is 1.47 bits per heavy atom. The van der Waals surface area contributed by atoms with Gasteiger partial charge in [0.05, 0.1) is 18.8 Å². The highest BCUT2D eigenvalue weighted by Gasteiger charge is 2.30. The number of ether oxygens (including phenoxy) is 2. The molecule has 0 saturated carbocycles. The Labute approximate surface area is 99.5 Å². The number of benzene rings is 1. The summed E-state index contributed by atoms with van der Waals surface area (Å²) >= 11 is 0. The zero-order chi connectivity index (χ0) is 12.4. The van der Waals surface area contributed by atoms with Crippen molar-refractivity contribution < 1.29 is 18.7 Å². The molecule has 1 aromatic rings. The van der Waals surface area contributed by atoms with Crippen LogP contribution in [0.25, 0.3) is 0 Å². The van der Waals surface area contributed by atoms with Gasteiger partial charge in [0.1, 0.15) is 17.7 Å². The molecule has 1 heterocycles. The van der Waals surface area contributed by atoms with E-state index in [-0.39, 0.29) is 17.5 Å². The van der Waals surface area contributed by atoms with Crippen LogP contribution in [0.15, 0.2) is 18.2 Å². The van der Waals surface area contributed by atoms with Crippen molar-refractivity contribution in [3.8, 4) is 5.75 Å². The number of ketones is 1. The predicted molar refractivity (Wildman–Crippen MR) is 60.9 cm³/mol. The summed E-state index contributed by atoms with van der Waals surface area (Å²) in [5.41, 5.74) is 0.256. The summed E-state index contributed by atoms with van der Waals surface area (Å²) in [4.78, 5) is 12.2. The van der Waals surface area contributed by atoms with Crippen LogP contribution in [0.1, 0.15) is 30.1 Å². The second-order valence-electron chi connectivity index (χ2n) is 4.22. The Kier molecular flexibility index (Phi) is 3.43. The first-order valence-electron chi connectivity index (χ1n) is 5.65. The molecule has 1 aliphatic heterocycles. The zero-order valence-corrected chi connectivity index (χ0v) is 9.90. The molecule has 2 unspecified atom stereocenters. The number of methoxy groups -OCH3 is 1. The minimum absolute atomic E-state index is 0.0866. The molecule has 0 bridgehead atoms. The van der Waals surface area contributed by atoms with Gasteiger partial charge >= 0.3 is 0 Å². The lowest BCUT2D eigenvalue weighted by atomic mass is 10.0. The minimum Gasteiger partial charge on any atom is -0.496 e. The second kappa shape index (κ2) is 4.84. The molecule has 1 aliphatic rings. The molecule has 1 aromatic carbocycles. The van der Waals surface area contributed by atoms with Crippen LogP contribution in [0, 0.1) is 5.82 Å². The number of rotatable bonds is 3. The Morgan fingerprint density at radius 2 is 2.24 bits per heavy atom. The maximum atomic E-state index is 13.2. The number of carbonyl (C=O) groups is 1. The van der Waals surface area contributed by atoms with E-state index in [1.165, 1.54) is 25.3 Å². The molecular formula is C13H15FO3. The molecule has 1 saturated heterocycles. The maximum absolute atomic E-state index is 13.2. The topological polar surface area (TPSA) is 35.5 Å². The van der Waals surface area contributed by atoms with Gasteiger partial charge in [-0.1, -0.05) is 0 Å². The van der Waals surface area contributed by atoms with Gasteiger partial charge in [0, 0.05) is 0 Å². The van der Waals surface area contributed by atoms with Gasteiger partial charge in [-0.25, -0.2) is 4.39 Å². The fourth-order valence-electron chi connectivity index (χ4n) is 2.04. The van der Waals surface area contributed by atoms with E-state index in [0.717, 1.165) is 6.42 Å². The van der Waals surface area contributed by atoms with E-state index in [0.29, 0.717) is 12.2 Å². The molecule has 3 nitrogen and oxygen atoms in total. The van der Waals surface area contributed by atoms with Gasteiger partial charge < -0.3 is 9.47 Å². The Hall–Kier alpha value is -1.42. The third kappa shape index (κ3) is 2.47. The lowest BCUT2D eigenvalue weighted by Crippen LogP contribution is -2.21. The van der Waals surface area contributed by atoms with Crippen LogP contribution in [0.2, 0.25) is 0 Å². The van der Waals surface area contributed by atoms with Crippen molar-refractivity contribution in [3.63, 3.8) is 0 Å². The summed E-state index contributed by atoms with van der Waals surface area (Å²) in [6.07, 6.45) is 1.15. The lowest BCUT2D eigenvalue weighted by Gasteiger charge is -2.12. The van der Waals surface area contributed by atoms with Gasteiger partial charge in [0.2, 0.25) is 0 Å². The van der Waals surface area contributed by atoms with Crippen molar-refractivity contribution in [2.24, 2.45) is 0 Å². The summed E-state index contributed by atoms with van der Waals surface area (Å²) in [6, 6.07) is 3.93. The smallest absolute Gasteiger partial charge is 0.195 e. The van der Waals surface area contributed by atoms with Crippen molar-refractivity contribution in [1.29, 1.82) is 0 Å². The van der Waals surface area contributed by atoms with Crippen LogP contribution in [0.3, 0.4) is 0 Å². The molecule has 0 N–H and O–H groups in total. The lowest BCUT2D eigenvalue weighted by molar-refractivity contribution is 0.0431. The van der Waals surface area contributed by atoms with Crippen molar-refractivity contribution >= 4 is 5.78 Å². The molecule has 92 valence electrons. The van der Waals surface area contributed by atoms with E-state index < -0.39 is 11.9 Å². The van der Waals surface area contributed by atoms with Crippen LogP contribution >= 0.6 is 0 Å². The third-order valence-corrected chi connectivity index (χ3v) is 2.95. The third-order valence-electron chi connectivity index (χ3n) is 2.95. The summed E-state index contributed by atoms with van der Waals surface area (Å²) in [6.45, 7) is 1.93. The number of Topliss-reactive ketones (excluding diaryl/α,β-unsaturated/α-hetero) is 1. The van der Waals surface area contributed by atoms with Crippen molar-refractivity contribution in [3.05, 3.63) is 29.6 Å². The molecule has 0 amide bonds. The van der Waals surface area contributed by atoms with E-state index in [1.54, 1.807) is 0 Å². The van der Waals surface area contributed by atoms with Crippen molar-refractivity contribution in [2.75, 3.05) is 7.11 Å². The summed E-state index contributed by atoms with van der Waals surface area (Å²) in [5, 5.41) is 0. The molecule has 4 heteroatoms. The van der Waals surface area contributed by atoms with Gasteiger partial charge in [0.25, 0.3) is 0 Å². The van der Waals surface area contributed by atoms with Crippen molar-refractivity contribution in [2.45, 2.75) is 32.0 Å². The Morgan fingerprint density at radius 3 is 2.82 bits per heavy atom. The minimum atomic E-state index is -0.472. The molecule has 0 aromatic heterocycles. The molecule has 2 atom stereocenters. The fraction of sp³-hybridized carbons (Fsp3) is 0.462. The quantitative estimate of drug-likeness (QED) is 0.759. The van der Waals surface area contributed by atoms with Gasteiger partial charge in [-0.15, -0.1) is 0 Å². The molecule has 0 spiro atoms. The molecule has 1 fully saturated rings. The number of hydrogen-bond donors (Lipinski definition) is 0. The van der Waals surface area contributed by atoms with E-state index in [1.807, 2.05) is 6.92 Å². The summed E-state index contributed by atoms with van der Waals surface area (Å²) in [7, 11) is 1.46. The zero-order valence-electron chi connectivity index (χ0n) is 9.90. The SMILES string of the molecule is COc1ccc(F)cc1C(=O)C1CCC(C)O1. The standard InChI is InChI=1S/C13H15FO3/c1-8-3-5-12(17-8)13(15)10-7-9(14)4-6-11(10)16-2/h4,6-8,12H,3,5H2,1-2H3. The van der Waals surface area contributed by atoms with Crippen LogP contribution < -0.4 is 4.74 Å². The van der Waals surface area contributed by atoms with Gasteiger partial charge in [-0.2, -0.15) is 0 Å². The Balaban J connectivity index is 2.26. The molecular weight excluding hydrogens is 223 g/mol. The predicted octanol–water partition coefficient (Wildman–Crippen LogP) is 2.58. The van der Waals surface area contributed by atoms with Crippen LogP contribution in [-0.4, -0.2) is 25.1 Å². The second-order valence-corrected chi connectivity index (χ2v) is 4.22. The normalized spacial score (nSPS) is 23.7. The highest BCUT2D eigenvalue weighted by atomic mass is 19.1. The van der Waals surface area contributed by atoms with E-state index in [2.05, 4.69) is 0 Å². The van der Waals surface area contributed by atoms with Gasteiger partial charge in [-0.3, -0.25) is 4.79 Å². The van der Waals surface area contributed by atoms with E-state index >= 15 is 0 Å². The highest BCUT2D eigenvalue weighted by molar-refractivity contribution is 6.02. The molecule has 0 aliphatic carbocycles. The van der Waals surface area contributed by atoms with Gasteiger partial charge in [0.15, 0.2) is 5.78 Å². The van der Waals surface area contributed by atoms with E-state index in [4.69, 9.17) is 9.47 Å².